The molecular formula is C23H23N5O2. The molecule has 1 aromatic carbocycles. The normalized spacial score (nSPS) is 18.8. The lowest BCUT2D eigenvalue weighted by molar-refractivity contribution is -0.137. The van der Waals surface area contributed by atoms with Crippen LogP contribution in [0.25, 0.3) is 10.9 Å². The van der Waals surface area contributed by atoms with E-state index in [1.54, 1.807) is 18.5 Å². The maximum Gasteiger partial charge on any atom is 0.251 e. The van der Waals surface area contributed by atoms with Gasteiger partial charge < -0.3 is 15.0 Å². The van der Waals surface area contributed by atoms with Crippen molar-refractivity contribution in [2.45, 2.75) is 32.6 Å². The molecule has 0 aliphatic carbocycles. The summed E-state index contributed by atoms with van der Waals surface area (Å²) in [6, 6.07) is 13.6. The highest BCUT2D eigenvalue weighted by Gasteiger charge is 2.31. The van der Waals surface area contributed by atoms with Crippen molar-refractivity contribution in [3.8, 4) is 6.07 Å². The van der Waals surface area contributed by atoms with Gasteiger partial charge in [-0.2, -0.15) is 5.26 Å². The molecule has 1 aliphatic heterocycles. The number of nitriles is 1. The number of benzene rings is 1. The highest BCUT2D eigenvalue weighted by atomic mass is 16.5. The number of hydrogen-bond donors (Lipinski definition) is 1. The number of nitrogens with zero attached hydrogens (tertiary/aromatic N) is 4. The van der Waals surface area contributed by atoms with Crippen molar-refractivity contribution in [3.63, 3.8) is 0 Å². The lowest BCUT2D eigenvalue weighted by Crippen LogP contribution is -2.52. The van der Waals surface area contributed by atoms with Gasteiger partial charge in [0.2, 0.25) is 0 Å². The van der Waals surface area contributed by atoms with Crippen LogP contribution in [0.15, 0.2) is 48.8 Å². The fourth-order valence-corrected chi connectivity index (χ4v) is 3.80. The summed E-state index contributed by atoms with van der Waals surface area (Å²) in [5.41, 5.74) is 4.04. The van der Waals surface area contributed by atoms with E-state index in [9.17, 15) is 10.1 Å². The van der Waals surface area contributed by atoms with Crippen molar-refractivity contribution in [3.05, 3.63) is 65.6 Å². The molecule has 3 heterocycles. The number of anilines is 1. The Morgan fingerprint density at radius 2 is 2.03 bits per heavy atom. The molecule has 1 aliphatic rings. The Hall–Kier alpha value is -3.50. The SMILES string of the molecule is Cc1cccnc1CNC(=O)[C@H]1CN(c2ccc(C#N)c3ncccc23)C[C@@H](C)O1. The minimum absolute atomic E-state index is 0.117. The van der Waals surface area contributed by atoms with E-state index in [-0.39, 0.29) is 12.0 Å². The minimum atomic E-state index is -0.597. The molecule has 0 radical (unpaired) electrons. The van der Waals surface area contributed by atoms with Crippen LogP contribution in [-0.4, -0.2) is 41.2 Å². The molecule has 1 saturated heterocycles. The third kappa shape index (κ3) is 3.95. The zero-order valence-corrected chi connectivity index (χ0v) is 17.0. The van der Waals surface area contributed by atoms with Gasteiger partial charge in [0.15, 0.2) is 6.10 Å². The number of rotatable bonds is 4. The lowest BCUT2D eigenvalue weighted by Gasteiger charge is -2.38. The molecule has 4 rings (SSSR count). The molecule has 30 heavy (non-hydrogen) atoms. The summed E-state index contributed by atoms with van der Waals surface area (Å²) in [5, 5.41) is 13.2. The second-order valence-electron chi connectivity index (χ2n) is 7.47. The van der Waals surface area contributed by atoms with Gasteiger partial charge in [-0.3, -0.25) is 14.8 Å². The van der Waals surface area contributed by atoms with Gasteiger partial charge in [-0.25, -0.2) is 0 Å². The molecular weight excluding hydrogens is 378 g/mol. The lowest BCUT2D eigenvalue weighted by atomic mass is 10.1. The van der Waals surface area contributed by atoms with Gasteiger partial charge in [0.1, 0.15) is 6.07 Å². The predicted octanol–water partition coefficient (Wildman–Crippen LogP) is 2.72. The summed E-state index contributed by atoms with van der Waals surface area (Å²) in [7, 11) is 0. The van der Waals surface area contributed by atoms with Gasteiger partial charge in [0.05, 0.1) is 36.0 Å². The number of fused-ring (bicyclic) bond motifs is 1. The molecule has 1 N–H and O–H groups in total. The largest absolute Gasteiger partial charge is 0.365 e. The summed E-state index contributed by atoms with van der Waals surface area (Å²) in [5.74, 6) is -0.160. The second kappa shape index (κ2) is 8.47. The maximum atomic E-state index is 12.8. The van der Waals surface area contributed by atoms with E-state index in [0.29, 0.717) is 30.7 Å². The summed E-state index contributed by atoms with van der Waals surface area (Å²) in [6.07, 6.45) is 2.69. The number of hydrogen-bond acceptors (Lipinski definition) is 6. The summed E-state index contributed by atoms with van der Waals surface area (Å²) in [4.78, 5) is 23.7. The Labute approximate surface area is 175 Å². The number of ether oxygens (including phenoxy) is 1. The molecule has 3 aromatic rings. The zero-order chi connectivity index (χ0) is 21.1. The number of morpholine rings is 1. The van der Waals surface area contributed by atoms with Crippen LogP contribution in [0.3, 0.4) is 0 Å². The fraction of sp³-hybridized carbons (Fsp3) is 0.304. The smallest absolute Gasteiger partial charge is 0.251 e. The van der Waals surface area contributed by atoms with E-state index in [1.165, 1.54) is 0 Å². The molecule has 152 valence electrons. The van der Waals surface area contributed by atoms with Crippen LogP contribution < -0.4 is 10.2 Å². The second-order valence-corrected chi connectivity index (χ2v) is 7.47. The van der Waals surface area contributed by atoms with Crippen LogP contribution in [0.4, 0.5) is 5.69 Å². The molecule has 7 heteroatoms. The van der Waals surface area contributed by atoms with Gasteiger partial charge in [0.25, 0.3) is 5.91 Å². The molecule has 1 fully saturated rings. The van der Waals surface area contributed by atoms with Crippen LogP contribution >= 0.6 is 0 Å². The van der Waals surface area contributed by atoms with Crippen LogP contribution in [0.5, 0.6) is 0 Å². The number of carbonyl (C=O) groups excluding carboxylic acids is 1. The number of carbonyl (C=O) groups is 1. The molecule has 0 saturated carbocycles. The standard InChI is InChI=1S/C23H23N5O2/c1-15-5-3-9-25-19(15)12-27-23(29)21-14-28(13-16(2)30-21)20-8-7-17(11-24)22-18(20)6-4-10-26-22/h3-10,16,21H,12-14H2,1-2H3,(H,27,29)/t16-,21-/m1/s1. The Balaban J connectivity index is 1.54. The van der Waals surface area contributed by atoms with E-state index in [1.807, 2.05) is 44.2 Å². The number of aryl methyl sites for hydroxylation is 1. The molecule has 2 aromatic heterocycles. The molecule has 7 nitrogen and oxygen atoms in total. The fourth-order valence-electron chi connectivity index (χ4n) is 3.80. The van der Waals surface area contributed by atoms with Crippen LogP contribution in [0.2, 0.25) is 0 Å². The molecule has 1 amide bonds. The summed E-state index contributed by atoms with van der Waals surface area (Å²) < 4.78 is 5.93. The van der Waals surface area contributed by atoms with Crippen molar-refractivity contribution in [1.82, 2.24) is 15.3 Å². The molecule has 0 spiro atoms. The topological polar surface area (TPSA) is 91.1 Å². The highest BCUT2D eigenvalue weighted by molar-refractivity contribution is 5.95. The third-order valence-electron chi connectivity index (χ3n) is 5.31. The average Bonchev–Trinajstić information content (AvgIpc) is 2.77. The van der Waals surface area contributed by atoms with E-state index in [2.05, 4.69) is 26.3 Å². The van der Waals surface area contributed by atoms with Gasteiger partial charge >= 0.3 is 0 Å². The van der Waals surface area contributed by atoms with Crippen molar-refractivity contribution < 1.29 is 9.53 Å². The van der Waals surface area contributed by atoms with E-state index < -0.39 is 6.10 Å². The highest BCUT2D eigenvalue weighted by Crippen LogP contribution is 2.30. The maximum absolute atomic E-state index is 12.8. The first-order valence-electron chi connectivity index (χ1n) is 9.93. The Morgan fingerprint density at radius 1 is 1.23 bits per heavy atom. The third-order valence-corrected chi connectivity index (χ3v) is 5.31. The van der Waals surface area contributed by atoms with E-state index in [0.717, 1.165) is 22.3 Å². The van der Waals surface area contributed by atoms with E-state index >= 15 is 0 Å². The number of aromatic nitrogens is 2. The van der Waals surface area contributed by atoms with Gasteiger partial charge in [-0.1, -0.05) is 6.07 Å². The number of pyridine rings is 2. The zero-order valence-electron chi connectivity index (χ0n) is 17.0. The Bertz CT molecular complexity index is 1120. The Morgan fingerprint density at radius 3 is 2.83 bits per heavy atom. The average molecular weight is 401 g/mol. The van der Waals surface area contributed by atoms with Crippen molar-refractivity contribution in [2.75, 3.05) is 18.0 Å². The van der Waals surface area contributed by atoms with Crippen molar-refractivity contribution in [2.24, 2.45) is 0 Å². The molecule has 0 unspecified atom stereocenters. The van der Waals surface area contributed by atoms with Gasteiger partial charge in [-0.05, 0) is 49.7 Å². The first kappa shape index (κ1) is 19.8. The van der Waals surface area contributed by atoms with Crippen LogP contribution in [-0.2, 0) is 16.1 Å². The Kier molecular flexibility index (Phi) is 5.59. The van der Waals surface area contributed by atoms with Crippen LogP contribution in [0.1, 0.15) is 23.7 Å². The summed E-state index contributed by atoms with van der Waals surface area (Å²) in [6.45, 7) is 5.37. The number of amides is 1. The summed E-state index contributed by atoms with van der Waals surface area (Å²) >= 11 is 0. The van der Waals surface area contributed by atoms with Crippen molar-refractivity contribution >= 4 is 22.5 Å². The molecule has 2 atom stereocenters. The first-order chi connectivity index (χ1) is 14.6. The number of nitrogens with one attached hydrogen (secondary N) is 1. The van der Waals surface area contributed by atoms with E-state index in [4.69, 9.17) is 4.74 Å². The van der Waals surface area contributed by atoms with Crippen molar-refractivity contribution in [1.29, 1.82) is 5.26 Å². The molecule has 0 bridgehead atoms. The quantitative estimate of drug-likeness (QED) is 0.723. The van der Waals surface area contributed by atoms with Gasteiger partial charge in [-0.15, -0.1) is 0 Å². The first-order valence-corrected chi connectivity index (χ1v) is 9.93. The monoisotopic (exact) mass is 401 g/mol. The minimum Gasteiger partial charge on any atom is -0.365 e. The predicted molar refractivity (Wildman–Crippen MR) is 114 cm³/mol. The van der Waals surface area contributed by atoms with Gasteiger partial charge in [0, 0.05) is 30.0 Å². The van der Waals surface area contributed by atoms with Crippen LogP contribution in [0, 0.1) is 18.3 Å².